The standard InChI is InChI=1S/C37H31F7N8O4S/c1-51-31-23(4-3-5-24(31)34(49-51)50-57(2,55)56)22-7-6-21(8-9-35(54)16-45-17-35)46-30(22)27(12-18-10-19(38)13-20(39)11-18)47-28(53)15-52-33-29(32(48-52)37(42,43)44)25-14-26(25)36(33,40)41/h3-7,10-11,13,25-27,45,54H,12,14-17H2,1-2H3,(H,47,53)(H,49,50)/t25-,26?,27-/m0/s1. The van der Waals surface area contributed by atoms with Crippen LogP contribution in [0.2, 0.25) is 0 Å². The number of alkyl halides is 5. The van der Waals surface area contributed by atoms with E-state index in [-0.39, 0.29) is 54.3 Å². The van der Waals surface area contributed by atoms with E-state index in [1.807, 2.05) is 0 Å². The van der Waals surface area contributed by atoms with Crippen molar-refractivity contribution in [3.05, 3.63) is 94.1 Å². The van der Waals surface area contributed by atoms with Gasteiger partial charge in [0.2, 0.25) is 15.9 Å². The number of para-hydroxylation sites is 1. The number of nitrogens with zero attached hydrogens (tertiary/aromatic N) is 5. The molecule has 0 bridgehead atoms. The highest BCUT2D eigenvalue weighted by Crippen LogP contribution is 2.68. The van der Waals surface area contributed by atoms with Crippen LogP contribution in [0.4, 0.5) is 36.6 Å². The van der Waals surface area contributed by atoms with Crippen LogP contribution in [0.3, 0.4) is 0 Å². The van der Waals surface area contributed by atoms with E-state index in [0.29, 0.717) is 27.2 Å². The molecule has 4 N–H and O–H groups in total. The van der Waals surface area contributed by atoms with Gasteiger partial charge in [-0.3, -0.25) is 18.9 Å². The number of nitrogens with one attached hydrogen (secondary N) is 3. The molecule has 0 spiro atoms. The van der Waals surface area contributed by atoms with Gasteiger partial charge in [0.15, 0.2) is 17.1 Å². The molecule has 0 radical (unpaired) electrons. The summed E-state index contributed by atoms with van der Waals surface area (Å²) in [6.45, 7) is -0.724. The Kier molecular flexibility index (Phi) is 8.93. The van der Waals surface area contributed by atoms with E-state index in [4.69, 9.17) is 4.98 Å². The number of fused-ring (bicyclic) bond motifs is 4. The molecule has 1 unspecified atom stereocenters. The van der Waals surface area contributed by atoms with E-state index in [2.05, 4.69) is 37.4 Å². The fraction of sp³-hybridized carbons (Fsp3) is 0.351. The van der Waals surface area contributed by atoms with Crippen LogP contribution in [0.25, 0.3) is 22.0 Å². The normalized spacial score (nSPS) is 19.5. The van der Waals surface area contributed by atoms with Gasteiger partial charge in [0.1, 0.15) is 29.6 Å². The fourth-order valence-corrected chi connectivity index (χ4v) is 8.13. The number of aromatic nitrogens is 5. The first-order chi connectivity index (χ1) is 26.7. The van der Waals surface area contributed by atoms with Gasteiger partial charge in [0.25, 0.3) is 5.92 Å². The average molecular weight is 817 g/mol. The molecule has 1 aliphatic heterocycles. The number of pyridine rings is 1. The SMILES string of the molecule is Cn1nc(NS(C)(=O)=O)c2cccc(-c3ccc(C#CC4(O)CNC4)nc3[C@H](Cc3cc(F)cc(F)c3)NC(=O)Cn3nc(C(F)(F)F)c4c3C(F)(F)C3C[C@H]43)c21. The zero-order chi connectivity index (χ0) is 40.8. The molecular weight excluding hydrogens is 786 g/mol. The van der Waals surface area contributed by atoms with Gasteiger partial charge in [-0.2, -0.15) is 32.1 Å². The average Bonchev–Trinajstić information content (AvgIpc) is 3.64. The van der Waals surface area contributed by atoms with Crippen LogP contribution >= 0.6 is 0 Å². The third-order valence-corrected chi connectivity index (χ3v) is 10.7. The summed E-state index contributed by atoms with van der Waals surface area (Å²) in [4.78, 5) is 18.6. The fourth-order valence-electron chi connectivity index (χ4n) is 7.62. The first-order valence-corrected chi connectivity index (χ1v) is 19.3. The van der Waals surface area contributed by atoms with Gasteiger partial charge in [-0.15, -0.1) is 0 Å². The first-order valence-electron chi connectivity index (χ1n) is 17.4. The lowest BCUT2D eigenvalue weighted by atomic mass is 9.93. The second-order valence-corrected chi connectivity index (χ2v) is 16.3. The lowest BCUT2D eigenvalue weighted by molar-refractivity contribution is -0.142. The van der Waals surface area contributed by atoms with Gasteiger partial charge in [0, 0.05) is 54.2 Å². The lowest BCUT2D eigenvalue weighted by Crippen LogP contribution is -2.58. The summed E-state index contributed by atoms with van der Waals surface area (Å²) in [5, 5.41) is 24.3. The Morgan fingerprint density at radius 2 is 1.81 bits per heavy atom. The van der Waals surface area contributed by atoms with E-state index in [1.165, 1.54) is 10.7 Å². The summed E-state index contributed by atoms with van der Waals surface area (Å²) >= 11 is 0. The summed E-state index contributed by atoms with van der Waals surface area (Å²) in [5.41, 5.74) is -3.33. The molecule has 5 aromatic rings. The number of sulfonamides is 1. The van der Waals surface area contributed by atoms with Gasteiger partial charge < -0.3 is 15.7 Å². The summed E-state index contributed by atoms with van der Waals surface area (Å²) in [7, 11) is -2.23. The van der Waals surface area contributed by atoms with E-state index in [0.717, 1.165) is 18.4 Å². The molecule has 3 aliphatic rings. The van der Waals surface area contributed by atoms with Crippen molar-refractivity contribution in [2.24, 2.45) is 13.0 Å². The van der Waals surface area contributed by atoms with Gasteiger partial charge in [-0.1, -0.05) is 18.1 Å². The van der Waals surface area contributed by atoms with Crippen LogP contribution in [-0.2, 0) is 46.9 Å². The van der Waals surface area contributed by atoms with Crippen LogP contribution in [-0.4, -0.2) is 68.9 Å². The minimum Gasteiger partial charge on any atom is -0.375 e. The topological polar surface area (TPSA) is 156 Å². The Bertz CT molecular complexity index is 2640. The Balaban J connectivity index is 1.26. The number of amides is 1. The molecular formula is C37H31F7N8O4S. The van der Waals surface area contributed by atoms with E-state index < -0.39 is 86.6 Å². The zero-order valence-corrected chi connectivity index (χ0v) is 30.7. The van der Waals surface area contributed by atoms with Crippen LogP contribution in [0, 0.1) is 29.4 Å². The van der Waals surface area contributed by atoms with Crippen molar-refractivity contribution in [1.29, 1.82) is 0 Å². The number of halogens is 7. The molecule has 1 saturated heterocycles. The number of rotatable bonds is 9. The highest BCUT2D eigenvalue weighted by atomic mass is 32.2. The molecule has 57 heavy (non-hydrogen) atoms. The second-order valence-electron chi connectivity index (χ2n) is 14.5. The Hall–Kier alpha value is -5.52. The van der Waals surface area contributed by atoms with Gasteiger partial charge >= 0.3 is 6.18 Å². The maximum Gasteiger partial charge on any atom is 0.435 e. The number of hydrogen-bond acceptors (Lipinski definition) is 8. The number of anilines is 1. The number of hydrogen-bond donors (Lipinski definition) is 4. The number of benzene rings is 2. The molecule has 12 nitrogen and oxygen atoms in total. The minimum atomic E-state index is -5.07. The van der Waals surface area contributed by atoms with Crippen LogP contribution < -0.4 is 15.4 Å². The third-order valence-electron chi connectivity index (χ3n) is 10.1. The maximum absolute atomic E-state index is 15.4. The monoisotopic (exact) mass is 816 g/mol. The molecule has 1 amide bonds. The van der Waals surface area contributed by atoms with E-state index in [1.54, 1.807) is 31.3 Å². The molecule has 2 aromatic carbocycles. The largest absolute Gasteiger partial charge is 0.435 e. The molecule has 8 rings (SSSR count). The summed E-state index contributed by atoms with van der Waals surface area (Å²) in [5.74, 6) is -3.54. The molecule has 20 heteroatoms. The predicted octanol–water partition coefficient (Wildman–Crippen LogP) is 4.50. The molecule has 4 heterocycles. The highest BCUT2D eigenvalue weighted by molar-refractivity contribution is 7.92. The molecule has 3 aromatic heterocycles. The van der Waals surface area contributed by atoms with Gasteiger partial charge in [-0.25, -0.2) is 22.2 Å². The van der Waals surface area contributed by atoms with Gasteiger partial charge in [0.05, 0.1) is 23.5 Å². The number of carbonyl (C=O) groups is 1. The van der Waals surface area contributed by atoms with Gasteiger partial charge in [-0.05, 0) is 60.6 Å². The lowest BCUT2D eigenvalue weighted by Gasteiger charge is -2.32. The smallest absolute Gasteiger partial charge is 0.375 e. The Morgan fingerprint density at radius 3 is 2.46 bits per heavy atom. The van der Waals surface area contributed by atoms with Crippen LogP contribution in [0.5, 0.6) is 0 Å². The molecule has 2 aliphatic carbocycles. The second kappa shape index (κ2) is 13.3. The van der Waals surface area contributed by atoms with Crippen molar-refractivity contribution >= 4 is 32.7 Å². The van der Waals surface area contributed by atoms with Crippen LogP contribution in [0.1, 0.15) is 52.3 Å². The molecule has 1 saturated carbocycles. The van der Waals surface area contributed by atoms with Crippen molar-refractivity contribution < 1.29 is 49.1 Å². The third kappa shape index (κ3) is 7.19. The van der Waals surface area contributed by atoms with E-state index in [9.17, 15) is 40.3 Å². The summed E-state index contributed by atoms with van der Waals surface area (Å²) in [6, 6.07) is 9.18. The number of β-amino-alcohol motifs (C(OH)–C–C–N with tert-alkyl or cyclic N) is 1. The molecule has 298 valence electrons. The Labute approximate surface area is 319 Å². The zero-order valence-electron chi connectivity index (χ0n) is 29.8. The number of aliphatic hydroxyl groups is 1. The summed E-state index contributed by atoms with van der Waals surface area (Å²) in [6.07, 6.45) is -4.65. The Morgan fingerprint density at radius 1 is 1.09 bits per heavy atom. The summed E-state index contributed by atoms with van der Waals surface area (Å²) < 4.78 is 130. The first kappa shape index (κ1) is 38.4. The van der Waals surface area contributed by atoms with Crippen molar-refractivity contribution in [2.75, 3.05) is 24.1 Å². The quantitative estimate of drug-likeness (QED) is 0.125. The number of carbonyl (C=O) groups excluding carboxylic acids is 1. The molecule has 3 atom stereocenters. The van der Waals surface area contributed by atoms with Crippen molar-refractivity contribution in [1.82, 2.24) is 35.2 Å². The maximum atomic E-state index is 15.4. The van der Waals surface area contributed by atoms with E-state index >= 15 is 8.78 Å². The highest BCUT2D eigenvalue weighted by Gasteiger charge is 2.68. The number of aryl methyl sites for hydroxylation is 1. The predicted molar refractivity (Wildman–Crippen MR) is 190 cm³/mol. The van der Waals surface area contributed by atoms with Crippen molar-refractivity contribution in [3.8, 4) is 23.0 Å². The van der Waals surface area contributed by atoms with Crippen molar-refractivity contribution in [3.63, 3.8) is 0 Å². The van der Waals surface area contributed by atoms with Crippen molar-refractivity contribution in [2.45, 2.75) is 49.0 Å². The van der Waals surface area contributed by atoms with Crippen LogP contribution in [0.15, 0.2) is 48.5 Å². The molecule has 2 fully saturated rings. The minimum absolute atomic E-state index is 0.00398.